The van der Waals surface area contributed by atoms with Crippen molar-refractivity contribution in [2.45, 2.75) is 39.0 Å². The summed E-state index contributed by atoms with van der Waals surface area (Å²) in [5, 5.41) is 3.44. The molecule has 0 bridgehead atoms. The number of benzene rings is 2. The van der Waals surface area contributed by atoms with Crippen LogP contribution >= 0.6 is 0 Å². The number of rotatable bonds is 3. The summed E-state index contributed by atoms with van der Waals surface area (Å²) in [5.74, 6) is 0.680. The van der Waals surface area contributed by atoms with Crippen molar-refractivity contribution in [1.82, 2.24) is 0 Å². The molecule has 138 valence electrons. The van der Waals surface area contributed by atoms with Gasteiger partial charge in [0.2, 0.25) is 5.91 Å². The molecule has 0 aliphatic heterocycles. The van der Waals surface area contributed by atoms with Gasteiger partial charge < -0.3 is 9.73 Å². The molecule has 27 heavy (non-hydrogen) atoms. The molecule has 0 spiro atoms. The molecule has 4 heteroatoms. The van der Waals surface area contributed by atoms with Crippen molar-refractivity contribution in [3.05, 3.63) is 64.3 Å². The van der Waals surface area contributed by atoms with Gasteiger partial charge in [-0.15, -0.1) is 0 Å². The van der Waals surface area contributed by atoms with Crippen LogP contribution in [0.3, 0.4) is 0 Å². The average molecular weight is 361 g/mol. The molecule has 2 aromatic carbocycles. The summed E-state index contributed by atoms with van der Waals surface area (Å²) >= 11 is 0. The minimum atomic E-state index is -0.110. The normalized spacial score (nSPS) is 15.0. The molecule has 4 rings (SSSR count). The molecule has 1 aliphatic carbocycles. The number of nitrogens with one attached hydrogen (secondary N) is 1. The van der Waals surface area contributed by atoms with Crippen molar-refractivity contribution >= 4 is 22.6 Å². The van der Waals surface area contributed by atoms with Crippen LogP contribution in [0.25, 0.3) is 22.3 Å². The fraction of sp³-hybridized carbons (Fsp3) is 0.304. The molecule has 1 aromatic heterocycles. The Kier molecular flexibility index (Phi) is 4.80. The Morgan fingerprint density at radius 3 is 2.63 bits per heavy atom. The zero-order valence-electron chi connectivity index (χ0n) is 15.5. The van der Waals surface area contributed by atoms with Gasteiger partial charge in [-0.2, -0.15) is 0 Å². The smallest absolute Gasteiger partial charge is 0.227 e. The first-order valence-electron chi connectivity index (χ1n) is 9.56. The van der Waals surface area contributed by atoms with Crippen LogP contribution in [0.15, 0.2) is 57.7 Å². The number of fused-ring (bicyclic) bond motifs is 1. The highest BCUT2D eigenvalue weighted by atomic mass is 16.3. The minimum absolute atomic E-state index is 0.0508. The van der Waals surface area contributed by atoms with Crippen LogP contribution in [-0.4, -0.2) is 5.91 Å². The average Bonchev–Trinajstić information content (AvgIpc) is 2.69. The van der Waals surface area contributed by atoms with Gasteiger partial charge in [0.25, 0.3) is 0 Å². The van der Waals surface area contributed by atoms with Crippen molar-refractivity contribution in [2.24, 2.45) is 5.92 Å². The summed E-state index contributed by atoms with van der Waals surface area (Å²) < 4.78 is 5.95. The lowest BCUT2D eigenvalue weighted by Crippen LogP contribution is -2.24. The van der Waals surface area contributed by atoms with Gasteiger partial charge in [-0.25, -0.2) is 0 Å². The van der Waals surface area contributed by atoms with E-state index in [1.54, 1.807) is 18.2 Å². The highest BCUT2D eigenvalue weighted by molar-refractivity contribution is 5.94. The van der Waals surface area contributed by atoms with E-state index in [9.17, 15) is 9.59 Å². The van der Waals surface area contributed by atoms with Crippen molar-refractivity contribution in [2.75, 3.05) is 5.32 Å². The molecule has 1 amide bonds. The molecule has 3 aromatic rings. The Bertz CT molecular complexity index is 1040. The topological polar surface area (TPSA) is 59.3 Å². The first-order valence-corrected chi connectivity index (χ1v) is 9.56. The fourth-order valence-corrected chi connectivity index (χ4v) is 3.78. The largest absolute Gasteiger partial charge is 0.456 e. The zero-order chi connectivity index (χ0) is 18.8. The molecule has 1 heterocycles. The third-order valence-electron chi connectivity index (χ3n) is 5.27. The van der Waals surface area contributed by atoms with E-state index in [1.807, 2.05) is 31.2 Å². The van der Waals surface area contributed by atoms with Gasteiger partial charge in [0.15, 0.2) is 5.43 Å². The summed E-state index contributed by atoms with van der Waals surface area (Å²) in [6.45, 7) is 2.00. The highest BCUT2D eigenvalue weighted by Crippen LogP contribution is 2.27. The molecule has 0 saturated heterocycles. The van der Waals surface area contributed by atoms with Crippen LogP contribution < -0.4 is 10.7 Å². The van der Waals surface area contributed by atoms with E-state index in [0.717, 1.165) is 36.8 Å². The van der Waals surface area contributed by atoms with Gasteiger partial charge in [0, 0.05) is 23.2 Å². The molecule has 0 radical (unpaired) electrons. The van der Waals surface area contributed by atoms with Crippen molar-refractivity contribution in [1.29, 1.82) is 0 Å². The molecule has 1 N–H and O–H groups in total. The minimum Gasteiger partial charge on any atom is -0.456 e. The van der Waals surface area contributed by atoms with E-state index in [2.05, 4.69) is 5.32 Å². The number of anilines is 1. The van der Waals surface area contributed by atoms with Crippen LogP contribution in [-0.2, 0) is 4.79 Å². The maximum absolute atomic E-state index is 12.6. The molecular formula is C23H23NO3. The van der Waals surface area contributed by atoms with Gasteiger partial charge in [-0.05, 0) is 44.0 Å². The Morgan fingerprint density at radius 2 is 1.85 bits per heavy atom. The van der Waals surface area contributed by atoms with Gasteiger partial charge in [-0.1, -0.05) is 43.0 Å². The Morgan fingerprint density at radius 1 is 1.04 bits per heavy atom. The second kappa shape index (κ2) is 7.39. The first-order chi connectivity index (χ1) is 13.1. The molecular weight excluding hydrogens is 338 g/mol. The quantitative estimate of drug-likeness (QED) is 0.690. The Labute approximate surface area is 158 Å². The third kappa shape index (κ3) is 3.80. The summed E-state index contributed by atoms with van der Waals surface area (Å²) in [4.78, 5) is 25.1. The van der Waals surface area contributed by atoms with Crippen molar-refractivity contribution in [3.8, 4) is 11.3 Å². The number of aryl methyl sites for hydroxylation is 1. The molecule has 4 nitrogen and oxygen atoms in total. The maximum atomic E-state index is 12.6. The van der Waals surface area contributed by atoms with Gasteiger partial charge in [0.05, 0.1) is 5.39 Å². The monoisotopic (exact) mass is 361 g/mol. The summed E-state index contributed by atoms with van der Waals surface area (Å²) in [6, 6.07) is 14.6. The van der Waals surface area contributed by atoms with Gasteiger partial charge in [0.1, 0.15) is 11.3 Å². The summed E-state index contributed by atoms with van der Waals surface area (Å²) in [5.41, 5.74) is 3.05. The molecule has 0 atom stereocenters. The van der Waals surface area contributed by atoms with Crippen molar-refractivity contribution < 1.29 is 9.21 Å². The lowest BCUT2D eigenvalue weighted by molar-refractivity contribution is -0.120. The summed E-state index contributed by atoms with van der Waals surface area (Å²) in [7, 11) is 0. The summed E-state index contributed by atoms with van der Waals surface area (Å²) in [6.07, 6.45) is 5.33. The van der Waals surface area contributed by atoms with E-state index in [0.29, 0.717) is 22.4 Å². The standard InChI is InChI=1S/C23H23NO3/c1-15-6-5-9-17(12-15)22-14-20(25)19-13-18(10-11-21(19)27-22)24-23(26)16-7-3-2-4-8-16/h5-6,9-14,16H,2-4,7-8H2,1H3,(H,24,26). The SMILES string of the molecule is Cc1cccc(-c2cc(=O)c3cc(NC(=O)C4CCCCC4)ccc3o2)c1. The third-order valence-corrected chi connectivity index (χ3v) is 5.27. The Balaban J connectivity index is 1.63. The fourth-order valence-electron chi connectivity index (χ4n) is 3.78. The number of hydrogen-bond acceptors (Lipinski definition) is 3. The number of carbonyl (C=O) groups is 1. The number of amides is 1. The number of hydrogen-bond donors (Lipinski definition) is 1. The van der Waals surface area contributed by atoms with Crippen LogP contribution in [0.5, 0.6) is 0 Å². The van der Waals surface area contributed by atoms with Crippen molar-refractivity contribution in [3.63, 3.8) is 0 Å². The molecule has 1 fully saturated rings. The molecule has 0 unspecified atom stereocenters. The number of carbonyl (C=O) groups excluding carboxylic acids is 1. The lowest BCUT2D eigenvalue weighted by atomic mass is 9.88. The highest BCUT2D eigenvalue weighted by Gasteiger charge is 2.21. The van der Waals surface area contributed by atoms with Gasteiger partial charge in [-0.3, -0.25) is 9.59 Å². The van der Waals surface area contributed by atoms with E-state index >= 15 is 0 Å². The van der Waals surface area contributed by atoms with Gasteiger partial charge >= 0.3 is 0 Å². The maximum Gasteiger partial charge on any atom is 0.227 e. The lowest BCUT2D eigenvalue weighted by Gasteiger charge is -2.20. The first kappa shape index (κ1) is 17.5. The zero-order valence-corrected chi connectivity index (χ0v) is 15.5. The van der Waals surface area contributed by atoms with E-state index in [-0.39, 0.29) is 17.3 Å². The molecule has 1 saturated carbocycles. The predicted octanol–water partition coefficient (Wildman–Crippen LogP) is 5.29. The second-order valence-corrected chi connectivity index (χ2v) is 7.38. The van der Waals surface area contributed by atoms with Crippen LogP contribution in [0.4, 0.5) is 5.69 Å². The van der Waals surface area contributed by atoms with E-state index < -0.39 is 0 Å². The predicted molar refractivity (Wildman–Crippen MR) is 108 cm³/mol. The van der Waals surface area contributed by atoms with Crippen LogP contribution in [0.2, 0.25) is 0 Å². The van der Waals surface area contributed by atoms with Crippen LogP contribution in [0, 0.1) is 12.8 Å². The second-order valence-electron chi connectivity index (χ2n) is 7.38. The Hall–Kier alpha value is -2.88. The van der Waals surface area contributed by atoms with Crippen LogP contribution in [0.1, 0.15) is 37.7 Å². The van der Waals surface area contributed by atoms with E-state index in [1.165, 1.54) is 12.5 Å². The van der Waals surface area contributed by atoms with E-state index in [4.69, 9.17) is 4.42 Å². The molecule has 1 aliphatic rings.